The van der Waals surface area contributed by atoms with Gasteiger partial charge in [0.25, 0.3) is 0 Å². The fourth-order valence-corrected chi connectivity index (χ4v) is 2.28. The Morgan fingerprint density at radius 1 is 1.29 bits per heavy atom. The lowest BCUT2D eigenvalue weighted by molar-refractivity contribution is 0.647. The first-order valence-electron chi connectivity index (χ1n) is 5.08. The first-order chi connectivity index (χ1) is 7.93. The first-order valence-corrected chi connectivity index (χ1v) is 7.84. The second-order valence-corrected chi connectivity index (χ2v) is 6.76. The Kier molecular flexibility index (Phi) is 6.24. The molecule has 0 aromatic heterocycles. The van der Waals surface area contributed by atoms with Gasteiger partial charge in [-0.3, -0.25) is 4.21 Å². The van der Waals surface area contributed by atoms with E-state index in [0.29, 0.717) is 28.2 Å². The number of hydrogen-bond acceptors (Lipinski definition) is 2. The zero-order chi connectivity index (χ0) is 13.0. The Labute approximate surface area is 119 Å². The second-order valence-electron chi connectivity index (χ2n) is 3.76. The third kappa shape index (κ3) is 4.42. The molecule has 1 aromatic rings. The monoisotopic (exact) mass is 313 g/mol. The molecule has 1 rings (SSSR count). The van der Waals surface area contributed by atoms with Crippen molar-refractivity contribution in [3.05, 3.63) is 32.8 Å². The quantitative estimate of drug-likeness (QED) is 0.843. The Hall–Kier alpha value is 0.200. The van der Waals surface area contributed by atoms with E-state index in [4.69, 9.17) is 34.8 Å². The minimum atomic E-state index is -0.838. The van der Waals surface area contributed by atoms with Gasteiger partial charge < -0.3 is 5.32 Å². The van der Waals surface area contributed by atoms with Crippen molar-refractivity contribution in [1.29, 1.82) is 0 Å². The summed E-state index contributed by atoms with van der Waals surface area (Å²) in [6.45, 7) is 3.08. The van der Waals surface area contributed by atoms with Crippen LogP contribution in [-0.4, -0.2) is 22.3 Å². The Balaban J connectivity index is 2.64. The Bertz CT molecular complexity index is 425. The van der Waals surface area contributed by atoms with E-state index >= 15 is 0 Å². The van der Waals surface area contributed by atoms with Crippen molar-refractivity contribution >= 4 is 45.6 Å². The summed E-state index contributed by atoms with van der Waals surface area (Å²) >= 11 is 18.0. The summed E-state index contributed by atoms with van der Waals surface area (Å²) in [5.74, 6) is 0. The Morgan fingerprint density at radius 3 is 2.47 bits per heavy atom. The van der Waals surface area contributed by atoms with Crippen LogP contribution in [0, 0.1) is 0 Å². The van der Waals surface area contributed by atoms with Crippen molar-refractivity contribution in [2.24, 2.45) is 0 Å². The predicted molar refractivity (Wildman–Crippen MR) is 76.7 cm³/mol. The maximum atomic E-state index is 11.2. The van der Waals surface area contributed by atoms with Gasteiger partial charge in [0.15, 0.2) is 0 Å². The van der Waals surface area contributed by atoms with Crippen LogP contribution in [0.5, 0.6) is 0 Å². The molecule has 0 bridgehead atoms. The zero-order valence-corrected chi connectivity index (χ0v) is 12.7. The molecule has 2 atom stereocenters. The van der Waals surface area contributed by atoms with Crippen molar-refractivity contribution in [2.45, 2.75) is 18.7 Å². The molecule has 0 aliphatic heterocycles. The van der Waals surface area contributed by atoms with Gasteiger partial charge in [-0.2, -0.15) is 0 Å². The average molecular weight is 315 g/mol. The van der Waals surface area contributed by atoms with Crippen molar-refractivity contribution < 1.29 is 4.21 Å². The van der Waals surface area contributed by atoms with Crippen LogP contribution in [-0.2, 0) is 17.3 Å². The molecule has 0 saturated heterocycles. The summed E-state index contributed by atoms with van der Waals surface area (Å²) < 4.78 is 11.2. The van der Waals surface area contributed by atoms with Crippen LogP contribution in [0.3, 0.4) is 0 Å². The second kappa shape index (κ2) is 6.95. The van der Waals surface area contributed by atoms with E-state index in [0.717, 1.165) is 5.56 Å². The van der Waals surface area contributed by atoms with Gasteiger partial charge in [-0.25, -0.2) is 0 Å². The molecule has 1 N–H and O–H groups in total. The topological polar surface area (TPSA) is 29.1 Å². The zero-order valence-electron chi connectivity index (χ0n) is 9.60. The standard InChI is InChI=1S/C11H14Cl3NOS/c1-7(17(2)16)5-15-6-8-9(12)3-4-10(13)11(8)14/h3-4,7,15H,5-6H2,1-2H3. The van der Waals surface area contributed by atoms with Crippen LogP contribution in [0.25, 0.3) is 0 Å². The van der Waals surface area contributed by atoms with Crippen molar-refractivity contribution in [3.63, 3.8) is 0 Å². The summed E-state index contributed by atoms with van der Waals surface area (Å²) in [6, 6.07) is 3.38. The van der Waals surface area contributed by atoms with Crippen LogP contribution in [0.15, 0.2) is 12.1 Å². The molecule has 17 heavy (non-hydrogen) atoms. The molecule has 1 aromatic carbocycles. The molecule has 6 heteroatoms. The van der Waals surface area contributed by atoms with Crippen molar-refractivity contribution in [3.8, 4) is 0 Å². The summed E-state index contributed by atoms with van der Waals surface area (Å²) in [6.07, 6.45) is 1.69. The molecule has 0 heterocycles. The third-order valence-corrected chi connectivity index (χ3v) is 4.94. The minimum absolute atomic E-state index is 0.0896. The summed E-state index contributed by atoms with van der Waals surface area (Å²) in [7, 11) is -0.838. The molecule has 0 radical (unpaired) electrons. The predicted octanol–water partition coefficient (Wildman–Crippen LogP) is 3.50. The highest BCUT2D eigenvalue weighted by molar-refractivity contribution is 7.84. The molecule has 2 nitrogen and oxygen atoms in total. The SMILES string of the molecule is CC(CNCc1c(Cl)ccc(Cl)c1Cl)S(C)=O. The van der Waals surface area contributed by atoms with E-state index in [-0.39, 0.29) is 5.25 Å². The van der Waals surface area contributed by atoms with Crippen LogP contribution < -0.4 is 5.32 Å². The van der Waals surface area contributed by atoms with Gasteiger partial charge in [-0.05, 0) is 19.1 Å². The lowest BCUT2D eigenvalue weighted by Gasteiger charge is -2.12. The lowest BCUT2D eigenvalue weighted by Crippen LogP contribution is -2.27. The maximum Gasteiger partial charge on any atom is 0.0652 e. The van der Waals surface area contributed by atoms with Gasteiger partial charge in [-0.1, -0.05) is 34.8 Å². The molecule has 0 amide bonds. The number of halogens is 3. The highest BCUT2D eigenvalue weighted by atomic mass is 35.5. The fourth-order valence-electron chi connectivity index (χ4n) is 1.25. The number of rotatable bonds is 5. The van der Waals surface area contributed by atoms with E-state index in [1.165, 1.54) is 0 Å². The highest BCUT2D eigenvalue weighted by Crippen LogP contribution is 2.31. The number of benzene rings is 1. The molecule has 0 fully saturated rings. The lowest BCUT2D eigenvalue weighted by atomic mass is 10.2. The van der Waals surface area contributed by atoms with Crippen molar-refractivity contribution in [2.75, 3.05) is 12.8 Å². The van der Waals surface area contributed by atoms with Gasteiger partial charge in [0, 0.05) is 46.0 Å². The van der Waals surface area contributed by atoms with Crippen molar-refractivity contribution in [1.82, 2.24) is 5.32 Å². The average Bonchev–Trinajstić information content (AvgIpc) is 2.28. The van der Waals surface area contributed by atoms with Gasteiger partial charge in [0.05, 0.1) is 10.0 Å². The molecular formula is C11H14Cl3NOS. The van der Waals surface area contributed by atoms with Gasteiger partial charge >= 0.3 is 0 Å². The summed E-state index contributed by atoms with van der Waals surface area (Å²) in [5, 5.41) is 4.80. The normalized spacial score (nSPS) is 14.6. The van der Waals surface area contributed by atoms with Gasteiger partial charge in [-0.15, -0.1) is 0 Å². The summed E-state index contributed by atoms with van der Waals surface area (Å²) in [4.78, 5) is 0. The van der Waals surface area contributed by atoms with E-state index < -0.39 is 10.8 Å². The van der Waals surface area contributed by atoms with Gasteiger partial charge in [0.1, 0.15) is 0 Å². The maximum absolute atomic E-state index is 11.2. The molecule has 96 valence electrons. The highest BCUT2D eigenvalue weighted by Gasteiger charge is 2.10. The molecule has 0 spiro atoms. The number of hydrogen-bond donors (Lipinski definition) is 1. The third-order valence-electron chi connectivity index (χ3n) is 2.44. The minimum Gasteiger partial charge on any atom is -0.311 e. The van der Waals surface area contributed by atoms with E-state index in [9.17, 15) is 4.21 Å². The van der Waals surface area contributed by atoms with Crippen LogP contribution in [0.1, 0.15) is 12.5 Å². The first kappa shape index (κ1) is 15.3. The largest absolute Gasteiger partial charge is 0.311 e. The molecular weight excluding hydrogens is 301 g/mol. The van der Waals surface area contributed by atoms with E-state index in [1.807, 2.05) is 6.92 Å². The summed E-state index contributed by atoms with van der Waals surface area (Å²) in [5.41, 5.74) is 0.773. The molecule has 0 aliphatic carbocycles. The smallest absolute Gasteiger partial charge is 0.0652 e. The molecule has 0 saturated carbocycles. The molecule has 2 unspecified atom stereocenters. The molecule has 0 aliphatic rings. The van der Waals surface area contributed by atoms with Crippen LogP contribution in [0.4, 0.5) is 0 Å². The Morgan fingerprint density at radius 2 is 1.88 bits per heavy atom. The van der Waals surface area contributed by atoms with E-state index in [1.54, 1.807) is 18.4 Å². The number of nitrogens with one attached hydrogen (secondary N) is 1. The van der Waals surface area contributed by atoms with E-state index in [2.05, 4.69) is 5.32 Å². The fraction of sp³-hybridized carbons (Fsp3) is 0.455. The van der Waals surface area contributed by atoms with Crippen LogP contribution in [0.2, 0.25) is 15.1 Å². The van der Waals surface area contributed by atoms with Gasteiger partial charge in [0.2, 0.25) is 0 Å². The van der Waals surface area contributed by atoms with Crippen LogP contribution >= 0.6 is 34.8 Å².